The normalized spacial score (nSPS) is 0.667. The van der Waals surface area contributed by atoms with Crippen LogP contribution in [0.4, 0.5) is 0 Å². The van der Waals surface area contributed by atoms with Gasteiger partial charge in [-0.15, -0.1) is 0 Å². The second-order valence-corrected chi connectivity index (χ2v) is 0. The molecule has 0 aliphatic heterocycles. The van der Waals surface area contributed by atoms with Crippen molar-refractivity contribution in [1.82, 2.24) is 0 Å². The summed E-state index contributed by atoms with van der Waals surface area (Å²) < 4.78 is 8.39. The first-order valence-corrected chi connectivity index (χ1v) is 1.79. The van der Waals surface area contributed by atoms with Crippen LogP contribution in [0.3, 0.4) is 0 Å². The molecule has 1 nitrogen and oxygen atoms in total. The van der Waals surface area contributed by atoms with Gasteiger partial charge in [-0.05, 0) is 0 Å². The molecular weight excluding hydrogens is 543 g/mol. The summed E-state index contributed by atoms with van der Waals surface area (Å²) in [4.78, 5) is 0. The molecule has 0 atom stereocenters. The average molecular weight is 550 g/mol. The van der Waals surface area contributed by atoms with E-state index >= 15 is 0 Å². The summed E-state index contributed by atoms with van der Waals surface area (Å²) in [7, 11) is 0. The van der Waals surface area contributed by atoms with Gasteiger partial charge in [0, 0.05) is 46.8 Å². The van der Waals surface area contributed by atoms with Crippen LogP contribution in [0.25, 0.3) is 0 Å². The molecule has 0 aliphatic rings. The molecule has 0 aliphatic carbocycles. The van der Waals surface area contributed by atoms with Gasteiger partial charge in [-0.1, -0.05) is 0 Å². The molecule has 0 saturated heterocycles. The molecule has 2 radical (unpaired) electrons. The van der Waals surface area contributed by atoms with Gasteiger partial charge >= 0.3 is 65.9 Å². The molecule has 0 N–H and O–H groups in total. The number of hydrogen-bond donors (Lipinski definition) is 0. The van der Waals surface area contributed by atoms with Crippen molar-refractivity contribution in [2.45, 2.75) is 0 Å². The third kappa shape index (κ3) is 26.1. The topological polar surface area (TPSA) is 17.1 Å². The van der Waals surface area contributed by atoms with Crippen LogP contribution in [-0.4, -0.2) is 63.2 Å². The Morgan fingerprint density at radius 3 is 1.17 bits per heavy atom. The third-order valence-electron chi connectivity index (χ3n) is 0. The zero-order chi connectivity index (χ0) is 2.00. The Balaban J connectivity index is -0.000000000833. The van der Waals surface area contributed by atoms with Gasteiger partial charge in [-0.25, -0.2) is 0 Å². The molecule has 0 saturated carbocycles. The molecule has 0 amide bonds. The molecule has 6 heavy (non-hydrogen) atoms. The Morgan fingerprint density at radius 2 is 1.17 bits per heavy atom. The Kier molecular flexibility index (Phi) is 224. The molecule has 0 unspecified atom stereocenters. The summed E-state index contributed by atoms with van der Waals surface area (Å²) in [5.74, 6) is 0. The Bertz CT molecular complexity index is 15.5. The SMILES string of the molecule is [Cd].[GaH3].[GeH4].[O]=[Pb].[Zn]. The molecule has 0 spiro atoms. The van der Waals surface area contributed by atoms with Crippen molar-refractivity contribution in [3.05, 3.63) is 0 Å². The Hall–Kier alpha value is 3.45. The van der Waals surface area contributed by atoms with Crippen LogP contribution in [0.5, 0.6) is 0 Å². The second kappa shape index (κ2) is 39.4. The zero-order valence-electron chi connectivity index (χ0n) is 2.32. The minimum absolute atomic E-state index is 0. The second-order valence-electron chi connectivity index (χ2n) is 0. The molecule has 0 heterocycles. The van der Waals surface area contributed by atoms with Gasteiger partial charge in [0.15, 0.2) is 0 Å². The number of hydrogen-bond acceptors (Lipinski definition) is 1. The molecular formula is H7CdGaGeOPbZn. The van der Waals surface area contributed by atoms with Crippen LogP contribution >= 0.6 is 0 Å². The number of rotatable bonds is 0. The summed E-state index contributed by atoms with van der Waals surface area (Å²) in [6.45, 7) is 0. The fourth-order valence-corrected chi connectivity index (χ4v) is 0. The Morgan fingerprint density at radius 1 is 1.17 bits per heavy atom. The average Bonchev–Trinajstić information content (AvgIpc) is 1.00. The summed E-state index contributed by atoms with van der Waals surface area (Å²) in [5, 5.41) is 0. The molecule has 0 fully saturated rings. The summed E-state index contributed by atoms with van der Waals surface area (Å²) in [6.07, 6.45) is 0. The molecule has 28 valence electrons. The predicted molar refractivity (Wildman–Crippen MR) is 27.7 cm³/mol. The maximum absolute atomic E-state index is 8.39. The van der Waals surface area contributed by atoms with Gasteiger partial charge in [-0.3, -0.25) is 0 Å². The molecule has 0 aromatic heterocycles. The van der Waals surface area contributed by atoms with Crippen molar-refractivity contribution in [3.8, 4) is 0 Å². The molecule has 0 aromatic rings. The zero-order valence-corrected chi connectivity index (χ0v) is 13.2. The van der Waals surface area contributed by atoms with Gasteiger partial charge in [0.2, 0.25) is 0 Å². The third-order valence-corrected chi connectivity index (χ3v) is 0. The fourth-order valence-electron chi connectivity index (χ4n) is 0. The van der Waals surface area contributed by atoms with Crippen molar-refractivity contribution in [1.29, 1.82) is 0 Å². The van der Waals surface area contributed by atoms with Crippen molar-refractivity contribution in [2.24, 2.45) is 0 Å². The first kappa shape index (κ1) is 34.1. The van der Waals surface area contributed by atoms with Gasteiger partial charge in [0.05, 0.1) is 0 Å². The van der Waals surface area contributed by atoms with Gasteiger partial charge in [0.1, 0.15) is 0 Å². The van der Waals surface area contributed by atoms with E-state index in [1.807, 2.05) is 0 Å². The first-order valence-electron chi connectivity index (χ1n) is 0.204. The monoisotopic (exact) mass is 552 g/mol. The van der Waals surface area contributed by atoms with Crippen molar-refractivity contribution in [3.63, 3.8) is 0 Å². The minimum atomic E-state index is 0. The predicted octanol–water partition coefficient (Wildman–Crippen LogP) is -3.14. The van der Waals surface area contributed by atoms with E-state index in [0.29, 0.717) is 0 Å². The first-order chi connectivity index (χ1) is 1.00. The van der Waals surface area contributed by atoms with E-state index in [0.717, 1.165) is 0 Å². The standard InChI is InChI=1S/Cd.Ga.GeH4.O.Pb.Zn.3H/h;;1H4;;;;;;. The van der Waals surface area contributed by atoms with Gasteiger partial charge in [-0.2, -0.15) is 0 Å². The molecule has 6 heteroatoms. The fraction of sp³-hybridized carbons (Fsp3) is 0. The maximum atomic E-state index is 8.39. The molecule has 0 aromatic carbocycles. The van der Waals surface area contributed by atoms with Crippen molar-refractivity contribution >= 4 is 63.2 Å². The largest absolute Gasteiger partial charge is 0 e. The van der Waals surface area contributed by atoms with Crippen molar-refractivity contribution < 1.29 is 49.5 Å². The van der Waals surface area contributed by atoms with Gasteiger partial charge in [0.25, 0.3) is 0 Å². The van der Waals surface area contributed by atoms with Crippen LogP contribution in [0.2, 0.25) is 0 Å². The summed E-state index contributed by atoms with van der Waals surface area (Å²) in [5.41, 5.74) is 0. The van der Waals surface area contributed by atoms with Crippen LogP contribution in [-0.2, 0) is 49.5 Å². The van der Waals surface area contributed by atoms with Crippen LogP contribution in [0.1, 0.15) is 0 Å². The van der Waals surface area contributed by atoms with E-state index in [1.165, 1.54) is 0 Å². The van der Waals surface area contributed by atoms with E-state index in [2.05, 4.69) is 0 Å². The molecule has 0 bridgehead atoms. The van der Waals surface area contributed by atoms with Gasteiger partial charge < -0.3 is 0 Å². The van der Waals surface area contributed by atoms with Crippen LogP contribution < -0.4 is 0 Å². The quantitative estimate of drug-likeness (QED) is 0.292. The van der Waals surface area contributed by atoms with Crippen molar-refractivity contribution in [2.75, 3.05) is 0 Å². The van der Waals surface area contributed by atoms with Crippen LogP contribution in [0, 0.1) is 0 Å². The van der Waals surface area contributed by atoms with E-state index in [1.54, 1.807) is 0 Å². The Labute approximate surface area is 110 Å². The summed E-state index contributed by atoms with van der Waals surface area (Å²) in [6, 6.07) is 0. The molecule has 0 rings (SSSR count). The summed E-state index contributed by atoms with van der Waals surface area (Å²) >= 11 is 0.0556. The smallest absolute Gasteiger partial charge is 0 e. The van der Waals surface area contributed by atoms with E-state index in [9.17, 15) is 0 Å². The van der Waals surface area contributed by atoms with E-state index in [4.69, 9.17) is 2.69 Å². The van der Waals surface area contributed by atoms with E-state index < -0.39 is 0 Å². The van der Waals surface area contributed by atoms with Crippen LogP contribution in [0.15, 0.2) is 0 Å². The minimum Gasteiger partial charge on any atom is 0 e. The maximum Gasteiger partial charge on any atom is 0 e. The van der Waals surface area contributed by atoms with E-state index in [-0.39, 0.29) is 110 Å².